The quantitative estimate of drug-likeness (QED) is 0.796. The Balaban J connectivity index is 1.59. The van der Waals surface area contributed by atoms with E-state index in [1.807, 2.05) is 13.0 Å². The molecule has 8 heteroatoms. The third-order valence-electron chi connectivity index (χ3n) is 3.63. The lowest BCUT2D eigenvalue weighted by molar-refractivity contribution is -0.141. The van der Waals surface area contributed by atoms with Crippen LogP contribution in [0.5, 0.6) is 5.75 Å². The molecule has 0 N–H and O–H groups in total. The molecule has 3 rings (SSSR count). The Morgan fingerprint density at radius 3 is 2.57 bits per heavy atom. The first kappa shape index (κ1) is 15.9. The van der Waals surface area contributed by atoms with Gasteiger partial charge in [-0.1, -0.05) is 11.6 Å². The van der Waals surface area contributed by atoms with Crippen LogP contribution in [0.1, 0.15) is 11.3 Å². The molecule has 0 saturated carbocycles. The van der Waals surface area contributed by atoms with Gasteiger partial charge in [-0.2, -0.15) is 13.2 Å². The standard InChI is InChI=1S/C15H13ClF3N3O/c1-9-12(4-5-20-14(9)16)22-7-11(8-22)23-10-2-3-13(21-6-10)15(17,18)19/h2-6,11H,7-8H2,1H3. The topological polar surface area (TPSA) is 38.2 Å². The van der Waals surface area contributed by atoms with Crippen LogP contribution in [0.4, 0.5) is 18.9 Å². The monoisotopic (exact) mass is 343 g/mol. The van der Waals surface area contributed by atoms with Crippen LogP contribution >= 0.6 is 11.6 Å². The van der Waals surface area contributed by atoms with Crippen molar-refractivity contribution in [2.24, 2.45) is 0 Å². The summed E-state index contributed by atoms with van der Waals surface area (Å²) in [6, 6.07) is 4.07. The van der Waals surface area contributed by atoms with E-state index in [2.05, 4.69) is 14.9 Å². The summed E-state index contributed by atoms with van der Waals surface area (Å²) in [4.78, 5) is 9.45. The number of alkyl halides is 3. The van der Waals surface area contributed by atoms with Crippen LogP contribution in [0.2, 0.25) is 5.15 Å². The summed E-state index contributed by atoms with van der Waals surface area (Å²) < 4.78 is 42.9. The molecule has 0 radical (unpaired) electrons. The first-order chi connectivity index (χ1) is 10.8. The van der Waals surface area contributed by atoms with Crippen LogP contribution in [0.3, 0.4) is 0 Å². The van der Waals surface area contributed by atoms with E-state index in [1.165, 1.54) is 6.07 Å². The lowest BCUT2D eigenvalue weighted by Gasteiger charge is -2.41. The fraction of sp³-hybridized carbons (Fsp3) is 0.333. The highest BCUT2D eigenvalue weighted by atomic mass is 35.5. The van der Waals surface area contributed by atoms with Crippen LogP contribution in [0.15, 0.2) is 30.6 Å². The maximum atomic E-state index is 12.4. The first-order valence-electron chi connectivity index (χ1n) is 6.90. The molecule has 4 nitrogen and oxygen atoms in total. The molecule has 0 atom stereocenters. The molecule has 2 aromatic rings. The Kier molecular flexibility index (Phi) is 4.06. The fourth-order valence-electron chi connectivity index (χ4n) is 2.36. The third-order valence-corrected chi connectivity index (χ3v) is 4.01. The second-order valence-electron chi connectivity index (χ2n) is 5.27. The Bertz CT molecular complexity index is 700. The van der Waals surface area contributed by atoms with Gasteiger partial charge in [0.25, 0.3) is 0 Å². The molecule has 0 spiro atoms. The number of pyridine rings is 2. The van der Waals surface area contributed by atoms with Gasteiger partial charge in [0.15, 0.2) is 0 Å². The normalized spacial score (nSPS) is 15.4. The number of hydrogen-bond acceptors (Lipinski definition) is 4. The number of hydrogen-bond donors (Lipinski definition) is 0. The number of nitrogens with zero attached hydrogens (tertiary/aromatic N) is 3. The molecule has 1 aliphatic heterocycles. The molecule has 0 bridgehead atoms. The maximum absolute atomic E-state index is 12.4. The fourth-order valence-corrected chi connectivity index (χ4v) is 2.52. The minimum Gasteiger partial charge on any atom is -0.485 e. The molecule has 2 aromatic heterocycles. The van der Waals surface area contributed by atoms with Gasteiger partial charge in [0, 0.05) is 17.4 Å². The summed E-state index contributed by atoms with van der Waals surface area (Å²) in [5.41, 5.74) is 0.946. The van der Waals surface area contributed by atoms with Crippen LogP contribution < -0.4 is 9.64 Å². The van der Waals surface area contributed by atoms with Crippen LogP contribution in [-0.2, 0) is 6.18 Å². The summed E-state index contributed by atoms with van der Waals surface area (Å²) >= 11 is 5.99. The molecule has 122 valence electrons. The summed E-state index contributed by atoms with van der Waals surface area (Å²) in [7, 11) is 0. The zero-order valence-electron chi connectivity index (χ0n) is 12.1. The van der Waals surface area contributed by atoms with Gasteiger partial charge in [-0.05, 0) is 25.1 Å². The van der Waals surface area contributed by atoms with Gasteiger partial charge in [0.05, 0.1) is 19.3 Å². The van der Waals surface area contributed by atoms with Gasteiger partial charge in [0.2, 0.25) is 0 Å². The summed E-state index contributed by atoms with van der Waals surface area (Å²) in [6.45, 7) is 3.14. The molecule has 1 saturated heterocycles. The Labute approximate surface area is 135 Å². The third kappa shape index (κ3) is 3.34. The molecule has 0 unspecified atom stereocenters. The van der Waals surface area contributed by atoms with Crippen molar-refractivity contribution in [3.8, 4) is 5.75 Å². The molecular weight excluding hydrogens is 331 g/mol. The molecule has 0 amide bonds. The summed E-state index contributed by atoms with van der Waals surface area (Å²) in [5, 5.41) is 0.457. The Hall–Kier alpha value is -2.02. The van der Waals surface area contributed by atoms with Crippen LogP contribution in [0.25, 0.3) is 0 Å². The highest BCUT2D eigenvalue weighted by Gasteiger charge is 2.33. The van der Waals surface area contributed by atoms with Gasteiger partial charge >= 0.3 is 6.18 Å². The lowest BCUT2D eigenvalue weighted by Crippen LogP contribution is -2.54. The van der Waals surface area contributed by atoms with E-state index in [0.29, 0.717) is 24.0 Å². The molecule has 0 aromatic carbocycles. The van der Waals surface area contributed by atoms with Crippen molar-refractivity contribution in [1.82, 2.24) is 9.97 Å². The van der Waals surface area contributed by atoms with Crippen LogP contribution in [0, 0.1) is 6.92 Å². The molecular formula is C15H13ClF3N3O. The van der Waals surface area contributed by atoms with E-state index in [-0.39, 0.29) is 6.10 Å². The number of anilines is 1. The van der Waals surface area contributed by atoms with Gasteiger partial charge < -0.3 is 9.64 Å². The average molecular weight is 344 g/mol. The average Bonchev–Trinajstić information content (AvgIpc) is 2.45. The highest BCUT2D eigenvalue weighted by Crippen LogP contribution is 2.31. The molecule has 1 fully saturated rings. The maximum Gasteiger partial charge on any atom is 0.433 e. The van der Waals surface area contributed by atoms with E-state index in [9.17, 15) is 13.2 Å². The Morgan fingerprint density at radius 2 is 1.96 bits per heavy atom. The minimum absolute atomic E-state index is 0.0973. The van der Waals surface area contributed by atoms with Crippen molar-refractivity contribution in [2.45, 2.75) is 19.2 Å². The van der Waals surface area contributed by atoms with Gasteiger partial charge in [-0.3, -0.25) is 0 Å². The predicted molar refractivity (Wildman–Crippen MR) is 79.9 cm³/mol. The van der Waals surface area contributed by atoms with Crippen LogP contribution in [-0.4, -0.2) is 29.2 Å². The van der Waals surface area contributed by atoms with Gasteiger partial charge in [0.1, 0.15) is 22.7 Å². The van der Waals surface area contributed by atoms with Gasteiger partial charge in [-0.25, -0.2) is 9.97 Å². The highest BCUT2D eigenvalue weighted by molar-refractivity contribution is 6.30. The van der Waals surface area contributed by atoms with Crippen molar-refractivity contribution in [3.63, 3.8) is 0 Å². The minimum atomic E-state index is -4.44. The summed E-state index contributed by atoms with van der Waals surface area (Å²) in [6.07, 6.45) is -1.80. The molecule has 1 aliphatic rings. The lowest BCUT2D eigenvalue weighted by atomic mass is 10.1. The van der Waals surface area contributed by atoms with Crippen molar-refractivity contribution in [1.29, 1.82) is 0 Å². The largest absolute Gasteiger partial charge is 0.485 e. The zero-order valence-corrected chi connectivity index (χ0v) is 12.9. The predicted octanol–water partition coefficient (Wildman–Crippen LogP) is 3.72. The van der Waals surface area contributed by atoms with E-state index >= 15 is 0 Å². The smallest absolute Gasteiger partial charge is 0.433 e. The van der Waals surface area contributed by atoms with E-state index in [0.717, 1.165) is 23.5 Å². The second kappa shape index (κ2) is 5.88. The zero-order chi connectivity index (χ0) is 16.6. The Morgan fingerprint density at radius 1 is 1.22 bits per heavy atom. The van der Waals surface area contributed by atoms with E-state index in [1.54, 1.807) is 6.20 Å². The number of aromatic nitrogens is 2. The number of ether oxygens (including phenoxy) is 1. The molecule has 0 aliphatic carbocycles. The van der Waals surface area contributed by atoms with Crippen molar-refractivity contribution in [2.75, 3.05) is 18.0 Å². The van der Waals surface area contributed by atoms with Gasteiger partial charge in [-0.15, -0.1) is 0 Å². The van der Waals surface area contributed by atoms with Crippen molar-refractivity contribution >= 4 is 17.3 Å². The van der Waals surface area contributed by atoms with Crippen molar-refractivity contribution < 1.29 is 17.9 Å². The van der Waals surface area contributed by atoms with E-state index < -0.39 is 11.9 Å². The van der Waals surface area contributed by atoms with E-state index in [4.69, 9.17) is 16.3 Å². The first-order valence-corrected chi connectivity index (χ1v) is 7.28. The number of rotatable bonds is 3. The SMILES string of the molecule is Cc1c(N2CC(Oc3ccc(C(F)(F)F)nc3)C2)ccnc1Cl. The molecule has 3 heterocycles. The summed E-state index contributed by atoms with van der Waals surface area (Å²) in [5.74, 6) is 0.326. The number of halogens is 4. The molecule has 23 heavy (non-hydrogen) atoms. The second-order valence-corrected chi connectivity index (χ2v) is 5.63. The van der Waals surface area contributed by atoms with Crippen molar-refractivity contribution in [3.05, 3.63) is 47.0 Å².